The molecule has 3 aromatic rings. The first-order chi connectivity index (χ1) is 15.3. The van der Waals surface area contributed by atoms with E-state index in [-0.39, 0.29) is 11.3 Å². The second-order valence-corrected chi connectivity index (χ2v) is 8.59. The fraction of sp³-hybridized carbons (Fsp3) is 0.174. The summed E-state index contributed by atoms with van der Waals surface area (Å²) in [6, 6.07) is 17.1. The van der Waals surface area contributed by atoms with Crippen LogP contribution in [0.25, 0.3) is 0 Å². The van der Waals surface area contributed by atoms with Gasteiger partial charge in [-0.05, 0) is 48.4 Å². The van der Waals surface area contributed by atoms with E-state index in [1.807, 2.05) is 6.07 Å². The maximum atomic E-state index is 13.2. The van der Waals surface area contributed by atoms with Gasteiger partial charge in [-0.25, -0.2) is 12.8 Å². The zero-order valence-corrected chi connectivity index (χ0v) is 18.4. The number of amides is 1. The minimum Gasteiger partial charge on any atom is -0.497 e. The number of methoxy groups -OCH3 is 2. The summed E-state index contributed by atoms with van der Waals surface area (Å²) >= 11 is 0. The van der Waals surface area contributed by atoms with Crippen molar-refractivity contribution in [1.29, 1.82) is 0 Å². The maximum Gasteiger partial charge on any atom is 0.243 e. The van der Waals surface area contributed by atoms with Crippen molar-refractivity contribution in [3.8, 4) is 11.5 Å². The van der Waals surface area contributed by atoms with Gasteiger partial charge in [0.05, 0.1) is 24.8 Å². The molecule has 0 unspecified atom stereocenters. The Bertz CT molecular complexity index is 1170. The number of hydrogen-bond acceptors (Lipinski definition) is 5. The van der Waals surface area contributed by atoms with Gasteiger partial charge in [-0.15, -0.1) is 0 Å². The van der Waals surface area contributed by atoms with Crippen molar-refractivity contribution in [1.82, 2.24) is 4.72 Å². The van der Waals surface area contributed by atoms with Crippen LogP contribution in [0.5, 0.6) is 11.5 Å². The Hall–Kier alpha value is -3.43. The number of ether oxygens (including phenoxy) is 2. The number of anilines is 1. The maximum absolute atomic E-state index is 13.2. The predicted octanol–water partition coefficient (Wildman–Crippen LogP) is 3.37. The molecule has 2 N–H and O–H groups in total. The summed E-state index contributed by atoms with van der Waals surface area (Å²) in [4.78, 5) is 13.0. The number of rotatable bonds is 9. The summed E-state index contributed by atoms with van der Waals surface area (Å²) in [5.74, 6) is -0.243. The lowest BCUT2D eigenvalue weighted by Crippen LogP contribution is -2.45. The molecule has 0 aliphatic rings. The molecule has 0 spiro atoms. The van der Waals surface area contributed by atoms with Gasteiger partial charge in [-0.1, -0.05) is 30.3 Å². The summed E-state index contributed by atoms with van der Waals surface area (Å²) in [7, 11) is -1.13. The first-order valence-corrected chi connectivity index (χ1v) is 11.2. The van der Waals surface area contributed by atoms with E-state index >= 15 is 0 Å². The van der Waals surface area contributed by atoms with Crippen LogP contribution in [0.2, 0.25) is 0 Å². The summed E-state index contributed by atoms with van der Waals surface area (Å²) < 4.78 is 51.8. The molecule has 0 fully saturated rings. The standard InChI is InChI=1S/C23H23FN2O5S/c1-30-18-10-13-20(22(15-18)31-2)25-23(27)21(14-16-6-4-3-5-7-16)26-32(28,29)19-11-8-17(24)9-12-19/h3-13,15,21,26H,14H2,1-2H3,(H,25,27)/t21-/m1/s1. The van der Waals surface area contributed by atoms with Gasteiger partial charge >= 0.3 is 0 Å². The van der Waals surface area contributed by atoms with Crippen LogP contribution >= 0.6 is 0 Å². The molecular weight excluding hydrogens is 435 g/mol. The normalized spacial score (nSPS) is 12.1. The summed E-state index contributed by atoms with van der Waals surface area (Å²) in [5, 5.41) is 2.71. The third kappa shape index (κ3) is 5.83. The second kappa shape index (κ2) is 10.3. The van der Waals surface area contributed by atoms with Crippen LogP contribution in [0.1, 0.15) is 5.56 Å². The summed E-state index contributed by atoms with van der Waals surface area (Å²) in [5.41, 5.74) is 1.12. The molecule has 0 aromatic heterocycles. The molecule has 0 aliphatic carbocycles. The first kappa shape index (κ1) is 23.2. The SMILES string of the molecule is COc1ccc(NC(=O)[C@@H](Cc2ccccc2)NS(=O)(=O)c2ccc(F)cc2)c(OC)c1. The quantitative estimate of drug-likeness (QED) is 0.513. The van der Waals surface area contributed by atoms with E-state index in [4.69, 9.17) is 9.47 Å². The summed E-state index contributed by atoms with van der Waals surface area (Å²) in [6.45, 7) is 0. The number of halogens is 1. The molecule has 3 aromatic carbocycles. The fourth-order valence-corrected chi connectivity index (χ4v) is 4.22. The van der Waals surface area contributed by atoms with Gasteiger partial charge in [-0.3, -0.25) is 4.79 Å². The van der Waals surface area contributed by atoms with Crippen molar-refractivity contribution in [2.45, 2.75) is 17.4 Å². The van der Waals surface area contributed by atoms with Crippen LogP contribution in [0, 0.1) is 5.82 Å². The fourth-order valence-electron chi connectivity index (χ4n) is 3.03. The Labute approximate surface area is 186 Å². The van der Waals surface area contributed by atoms with Gasteiger partial charge in [0.15, 0.2) is 0 Å². The van der Waals surface area contributed by atoms with Crippen molar-refractivity contribution >= 4 is 21.6 Å². The molecule has 1 amide bonds. The topological polar surface area (TPSA) is 93.7 Å². The van der Waals surface area contributed by atoms with E-state index in [0.717, 1.165) is 29.8 Å². The molecule has 0 saturated heterocycles. The molecule has 32 heavy (non-hydrogen) atoms. The van der Waals surface area contributed by atoms with E-state index in [1.54, 1.807) is 42.5 Å². The minimum absolute atomic E-state index is 0.103. The van der Waals surface area contributed by atoms with Crippen molar-refractivity contribution in [3.63, 3.8) is 0 Å². The van der Waals surface area contributed by atoms with Gasteiger partial charge in [0.25, 0.3) is 0 Å². The zero-order valence-electron chi connectivity index (χ0n) is 17.5. The number of sulfonamides is 1. The van der Waals surface area contributed by atoms with Crippen molar-refractivity contribution in [2.24, 2.45) is 0 Å². The highest BCUT2D eigenvalue weighted by molar-refractivity contribution is 7.89. The van der Waals surface area contributed by atoms with Gasteiger partial charge in [0.1, 0.15) is 23.4 Å². The highest BCUT2D eigenvalue weighted by atomic mass is 32.2. The minimum atomic E-state index is -4.09. The highest BCUT2D eigenvalue weighted by Gasteiger charge is 2.27. The van der Waals surface area contributed by atoms with E-state index < -0.39 is 27.8 Å². The lowest BCUT2D eigenvalue weighted by Gasteiger charge is -2.20. The van der Waals surface area contributed by atoms with Crippen LogP contribution in [0.4, 0.5) is 10.1 Å². The van der Waals surface area contributed by atoms with E-state index in [2.05, 4.69) is 10.0 Å². The molecule has 0 bridgehead atoms. The Morgan fingerprint density at radius 1 is 0.969 bits per heavy atom. The van der Waals surface area contributed by atoms with Crippen LogP contribution < -0.4 is 19.5 Å². The predicted molar refractivity (Wildman–Crippen MR) is 119 cm³/mol. The van der Waals surface area contributed by atoms with Gasteiger partial charge in [0, 0.05) is 6.07 Å². The Balaban J connectivity index is 1.88. The number of hydrogen-bond donors (Lipinski definition) is 2. The number of carbonyl (C=O) groups is 1. The Morgan fingerprint density at radius 3 is 2.28 bits per heavy atom. The Morgan fingerprint density at radius 2 is 1.66 bits per heavy atom. The first-order valence-electron chi connectivity index (χ1n) is 9.67. The smallest absolute Gasteiger partial charge is 0.243 e. The molecule has 7 nitrogen and oxygen atoms in total. The number of carbonyl (C=O) groups excluding carboxylic acids is 1. The van der Waals surface area contributed by atoms with Gasteiger partial charge in [0.2, 0.25) is 15.9 Å². The third-order valence-electron chi connectivity index (χ3n) is 4.69. The lowest BCUT2D eigenvalue weighted by molar-refractivity contribution is -0.117. The van der Waals surface area contributed by atoms with Gasteiger partial charge in [-0.2, -0.15) is 4.72 Å². The molecular formula is C23H23FN2O5S. The van der Waals surface area contributed by atoms with Crippen molar-refractivity contribution in [2.75, 3.05) is 19.5 Å². The van der Waals surface area contributed by atoms with Crippen molar-refractivity contribution < 1.29 is 27.1 Å². The number of benzene rings is 3. The Kier molecular flexibility index (Phi) is 7.45. The van der Waals surface area contributed by atoms with Crippen LogP contribution in [-0.2, 0) is 21.2 Å². The van der Waals surface area contributed by atoms with E-state index in [0.29, 0.717) is 17.2 Å². The van der Waals surface area contributed by atoms with Crippen LogP contribution in [-0.4, -0.2) is 34.6 Å². The van der Waals surface area contributed by atoms with Crippen LogP contribution in [0.15, 0.2) is 77.7 Å². The van der Waals surface area contributed by atoms with Crippen molar-refractivity contribution in [3.05, 3.63) is 84.2 Å². The average molecular weight is 459 g/mol. The lowest BCUT2D eigenvalue weighted by atomic mass is 10.1. The molecule has 0 heterocycles. The molecule has 168 valence electrons. The zero-order chi connectivity index (χ0) is 23.1. The van der Waals surface area contributed by atoms with E-state index in [1.165, 1.54) is 14.2 Å². The van der Waals surface area contributed by atoms with E-state index in [9.17, 15) is 17.6 Å². The second-order valence-electron chi connectivity index (χ2n) is 6.87. The average Bonchev–Trinajstić information content (AvgIpc) is 2.79. The molecule has 0 radical (unpaired) electrons. The molecule has 1 atom stereocenters. The highest BCUT2D eigenvalue weighted by Crippen LogP contribution is 2.29. The molecule has 0 saturated carbocycles. The molecule has 3 rings (SSSR count). The largest absolute Gasteiger partial charge is 0.497 e. The molecule has 9 heteroatoms. The third-order valence-corrected chi connectivity index (χ3v) is 6.17. The molecule has 0 aliphatic heterocycles. The van der Waals surface area contributed by atoms with Crippen LogP contribution in [0.3, 0.4) is 0 Å². The number of nitrogens with one attached hydrogen (secondary N) is 2. The monoisotopic (exact) mass is 458 g/mol. The summed E-state index contributed by atoms with van der Waals surface area (Å²) in [6.07, 6.45) is 0.103. The van der Waals surface area contributed by atoms with Gasteiger partial charge < -0.3 is 14.8 Å².